The van der Waals surface area contributed by atoms with Gasteiger partial charge in [0, 0.05) is 5.92 Å². The van der Waals surface area contributed by atoms with E-state index in [0.717, 1.165) is 17.7 Å². The number of hydrogen-bond donors (Lipinski definition) is 1. The van der Waals surface area contributed by atoms with Crippen molar-refractivity contribution in [1.29, 1.82) is 0 Å². The molecule has 0 saturated heterocycles. The summed E-state index contributed by atoms with van der Waals surface area (Å²) in [6.45, 7) is 4.26. The Kier molecular flexibility index (Phi) is 2.86. The average Bonchev–Trinajstić information content (AvgIpc) is 2.49. The van der Waals surface area contributed by atoms with E-state index in [1.54, 1.807) is 7.11 Å². The molecule has 1 N–H and O–H groups in total. The van der Waals surface area contributed by atoms with Crippen molar-refractivity contribution in [1.82, 2.24) is 0 Å². The van der Waals surface area contributed by atoms with Crippen LogP contribution in [0.3, 0.4) is 0 Å². The van der Waals surface area contributed by atoms with E-state index in [1.807, 2.05) is 12.1 Å². The Balaban J connectivity index is 2.42. The molecule has 0 saturated carbocycles. The lowest BCUT2D eigenvalue weighted by Crippen LogP contribution is -2.20. The number of carboxylic acid groups (broad SMARTS) is 1. The standard InChI is InChI=1S/C14H18O3/c1-14(2)8-9-4-5-10(17-3)6-11(9)12(14)7-13(15)16/h4-6,12H,7-8H2,1-3H3,(H,15,16). The number of ether oxygens (including phenoxy) is 1. The van der Waals surface area contributed by atoms with Gasteiger partial charge in [0.2, 0.25) is 0 Å². The van der Waals surface area contributed by atoms with Crippen LogP contribution in [-0.4, -0.2) is 18.2 Å². The van der Waals surface area contributed by atoms with Crippen molar-refractivity contribution in [3.05, 3.63) is 29.3 Å². The first-order valence-electron chi connectivity index (χ1n) is 5.82. The van der Waals surface area contributed by atoms with E-state index in [4.69, 9.17) is 9.84 Å². The lowest BCUT2D eigenvalue weighted by atomic mass is 9.78. The predicted octanol–water partition coefficient (Wildman–Crippen LogP) is 2.84. The summed E-state index contributed by atoms with van der Waals surface area (Å²) in [7, 11) is 1.63. The number of hydrogen-bond acceptors (Lipinski definition) is 2. The van der Waals surface area contributed by atoms with Crippen molar-refractivity contribution >= 4 is 5.97 Å². The number of fused-ring (bicyclic) bond motifs is 1. The molecular formula is C14H18O3. The van der Waals surface area contributed by atoms with Gasteiger partial charge in [-0.15, -0.1) is 0 Å². The molecule has 1 aromatic rings. The van der Waals surface area contributed by atoms with Crippen LogP contribution >= 0.6 is 0 Å². The Morgan fingerprint density at radius 1 is 1.53 bits per heavy atom. The molecule has 0 aliphatic heterocycles. The minimum atomic E-state index is -0.737. The molecule has 17 heavy (non-hydrogen) atoms. The number of carboxylic acids is 1. The normalized spacial score (nSPS) is 21.0. The van der Waals surface area contributed by atoms with Crippen LogP contribution in [0.1, 0.15) is 37.3 Å². The van der Waals surface area contributed by atoms with E-state index in [9.17, 15) is 4.79 Å². The summed E-state index contributed by atoms with van der Waals surface area (Å²) in [5.41, 5.74) is 2.39. The second-order valence-corrected chi connectivity index (χ2v) is 5.38. The molecule has 0 bridgehead atoms. The van der Waals surface area contributed by atoms with Gasteiger partial charge in [-0.1, -0.05) is 19.9 Å². The summed E-state index contributed by atoms with van der Waals surface area (Å²) in [4.78, 5) is 11.0. The molecule has 1 aliphatic carbocycles. The summed E-state index contributed by atoms with van der Waals surface area (Å²) in [5, 5.41) is 9.03. The fourth-order valence-corrected chi connectivity index (χ4v) is 2.78. The highest BCUT2D eigenvalue weighted by atomic mass is 16.5. The Bertz CT molecular complexity index is 449. The van der Waals surface area contributed by atoms with Crippen LogP contribution in [-0.2, 0) is 11.2 Å². The van der Waals surface area contributed by atoms with E-state index in [2.05, 4.69) is 19.9 Å². The molecule has 0 radical (unpaired) electrons. The van der Waals surface area contributed by atoms with Gasteiger partial charge in [0.15, 0.2) is 0 Å². The van der Waals surface area contributed by atoms with Crippen molar-refractivity contribution in [3.8, 4) is 5.75 Å². The molecule has 0 fully saturated rings. The fourth-order valence-electron chi connectivity index (χ4n) is 2.78. The second-order valence-electron chi connectivity index (χ2n) is 5.38. The van der Waals surface area contributed by atoms with Gasteiger partial charge in [-0.25, -0.2) is 0 Å². The van der Waals surface area contributed by atoms with E-state index in [0.29, 0.717) is 0 Å². The molecule has 1 atom stereocenters. The second kappa shape index (κ2) is 4.06. The largest absolute Gasteiger partial charge is 0.497 e. The monoisotopic (exact) mass is 234 g/mol. The van der Waals surface area contributed by atoms with Gasteiger partial charge in [-0.05, 0) is 35.1 Å². The van der Waals surface area contributed by atoms with Crippen molar-refractivity contribution in [2.75, 3.05) is 7.11 Å². The number of aliphatic carboxylic acids is 1. The van der Waals surface area contributed by atoms with Crippen LogP contribution < -0.4 is 4.74 Å². The van der Waals surface area contributed by atoms with Crippen LogP contribution in [0.15, 0.2) is 18.2 Å². The van der Waals surface area contributed by atoms with Gasteiger partial charge < -0.3 is 9.84 Å². The minimum Gasteiger partial charge on any atom is -0.497 e. The molecule has 2 rings (SSSR count). The predicted molar refractivity (Wildman–Crippen MR) is 65.5 cm³/mol. The lowest BCUT2D eigenvalue weighted by molar-refractivity contribution is -0.138. The molecule has 0 heterocycles. The molecule has 1 aliphatic rings. The minimum absolute atomic E-state index is 0.00703. The lowest BCUT2D eigenvalue weighted by Gasteiger charge is -2.26. The number of carbonyl (C=O) groups is 1. The van der Waals surface area contributed by atoms with Crippen LogP contribution in [0.2, 0.25) is 0 Å². The van der Waals surface area contributed by atoms with Gasteiger partial charge in [-0.2, -0.15) is 0 Å². The summed E-state index contributed by atoms with van der Waals surface area (Å²) in [5.74, 6) is 0.140. The summed E-state index contributed by atoms with van der Waals surface area (Å²) in [6.07, 6.45) is 1.12. The number of rotatable bonds is 3. The number of benzene rings is 1. The highest BCUT2D eigenvalue weighted by molar-refractivity contribution is 5.69. The van der Waals surface area contributed by atoms with Crippen molar-refractivity contribution in [2.45, 2.75) is 32.6 Å². The first kappa shape index (κ1) is 12.0. The molecule has 1 unspecified atom stereocenters. The van der Waals surface area contributed by atoms with Crippen LogP contribution in [0, 0.1) is 5.41 Å². The van der Waals surface area contributed by atoms with Crippen LogP contribution in [0.5, 0.6) is 5.75 Å². The zero-order valence-corrected chi connectivity index (χ0v) is 10.5. The van der Waals surface area contributed by atoms with Crippen molar-refractivity contribution in [3.63, 3.8) is 0 Å². The average molecular weight is 234 g/mol. The maximum absolute atomic E-state index is 11.0. The topological polar surface area (TPSA) is 46.5 Å². The molecule has 3 heteroatoms. The van der Waals surface area contributed by atoms with Crippen molar-refractivity contribution < 1.29 is 14.6 Å². The first-order chi connectivity index (χ1) is 7.94. The smallest absolute Gasteiger partial charge is 0.303 e. The van der Waals surface area contributed by atoms with E-state index < -0.39 is 5.97 Å². The highest BCUT2D eigenvalue weighted by Gasteiger charge is 2.40. The third-order valence-electron chi connectivity index (χ3n) is 3.70. The van der Waals surface area contributed by atoms with E-state index in [1.165, 1.54) is 5.56 Å². The van der Waals surface area contributed by atoms with Gasteiger partial charge in [0.25, 0.3) is 0 Å². The number of methoxy groups -OCH3 is 1. The maximum atomic E-state index is 11.0. The van der Waals surface area contributed by atoms with Crippen LogP contribution in [0.4, 0.5) is 0 Å². The molecule has 0 spiro atoms. The molecule has 0 aromatic heterocycles. The third kappa shape index (κ3) is 2.14. The first-order valence-corrected chi connectivity index (χ1v) is 5.82. The highest BCUT2D eigenvalue weighted by Crippen LogP contribution is 2.49. The van der Waals surface area contributed by atoms with Gasteiger partial charge in [-0.3, -0.25) is 4.79 Å². The summed E-state index contributed by atoms with van der Waals surface area (Å²) < 4.78 is 5.21. The Morgan fingerprint density at radius 2 is 2.24 bits per heavy atom. The Labute approximate surface area is 101 Å². The van der Waals surface area contributed by atoms with Crippen LogP contribution in [0.25, 0.3) is 0 Å². The Morgan fingerprint density at radius 3 is 2.82 bits per heavy atom. The summed E-state index contributed by atoms with van der Waals surface area (Å²) >= 11 is 0. The molecule has 3 nitrogen and oxygen atoms in total. The molecule has 92 valence electrons. The zero-order chi connectivity index (χ0) is 12.6. The van der Waals surface area contributed by atoms with Gasteiger partial charge >= 0.3 is 5.97 Å². The van der Waals surface area contributed by atoms with Crippen molar-refractivity contribution in [2.24, 2.45) is 5.41 Å². The SMILES string of the molecule is COc1ccc2c(c1)C(CC(=O)O)C(C)(C)C2. The Hall–Kier alpha value is -1.51. The molecular weight excluding hydrogens is 216 g/mol. The van der Waals surface area contributed by atoms with E-state index in [-0.39, 0.29) is 17.8 Å². The third-order valence-corrected chi connectivity index (χ3v) is 3.70. The quantitative estimate of drug-likeness (QED) is 0.874. The van der Waals surface area contributed by atoms with Gasteiger partial charge in [0.05, 0.1) is 13.5 Å². The fraction of sp³-hybridized carbons (Fsp3) is 0.500. The molecule has 1 aromatic carbocycles. The maximum Gasteiger partial charge on any atom is 0.303 e. The van der Waals surface area contributed by atoms with E-state index >= 15 is 0 Å². The summed E-state index contributed by atoms with van der Waals surface area (Å²) in [6, 6.07) is 5.98. The van der Waals surface area contributed by atoms with Gasteiger partial charge in [0.1, 0.15) is 5.75 Å². The zero-order valence-electron chi connectivity index (χ0n) is 10.5. The molecule has 0 amide bonds.